The fourth-order valence-electron chi connectivity index (χ4n) is 2.98. The number of nitrogens with zero attached hydrogens (tertiary/aromatic N) is 3. The molecule has 0 saturated carbocycles. The second-order valence-electron chi connectivity index (χ2n) is 6.18. The minimum atomic E-state index is -0.276. The second kappa shape index (κ2) is 6.95. The third-order valence-corrected chi connectivity index (χ3v) is 5.45. The number of carbonyl (C=O) groups excluding carboxylic acids is 1. The summed E-state index contributed by atoms with van der Waals surface area (Å²) in [5.74, 6) is 2.31. The first-order valence-electron chi connectivity index (χ1n) is 8.50. The van der Waals surface area contributed by atoms with Gasteiger partial charge in [0, 0.05) is 24.7 Å². The first kappa shape index (κ1) is 16.3. The summed E-state index contributed by atoms with van der Waals surface area (Å²) in [4.78, 5) is 12.5. The lowest BCUT2D eigenvalue weighted by atomic mass is 10.2. The van der Waals surface area contributed by atoms with Gasteiger partial charge in [-0.25, -0.2) is 0 Å². The number of carbonyl (C=O) groups is 1. The van der Waals surface area contributed by atoms with Crippen LogP contribution in [-0.4, -0.2) is 32.7 Å². The van der Waals surface area contributed by atoms with E-state index < -0.39 is 0 Å². The summed E-state index contributed by atoms with van der Waals surface area (Å²) >= 11 is 1.45. The molecular formula is C17H20N4O3S. The number of nitrogens with one attached hydrogen (secondary N) is 1. The molecule has 0 bridgehead atoms. The lowest BCUT2D eigenvalue weighted by molar-refractivity contribution is -0.115. The Balaban J connectivity index is 1.42. The lowest BCUT2D eigenvalue weighted by Gasteiger charge is -2.13. The summed E-state index contributed by atoms with van der Waals surface area (Å²) in [7, 11) is 0. The molecule has 1 N–H and O–H groups in total. The maximum absolute atomic E-state index is 12.5. The minimum absolute atomic E-state index is 0.0742. The number of aromatic nitrogens is 3. The summed E-state index contributed by atoms with van der Waals surface area (Å²) in [5.41, 5.74) is 0.696. The van der Waals surface area contributed by atoms with Crippen LogP contribution in [0.5, 0.6) is 11.5 Å². The molecule has 25 heavy (non-hydrogen) atoms. The predicted octanol–water partition coefficient (Wildman–Crippen LogP) is 2.85. The molecule has 0 spiro atoms. The molecule has 2 aliphatic heterocycles. The highest BCUT2D eigenvalue weighted by atomic mass is 32.2. The van der Waals surface area contributed by atoms with Crippen molar-refractivity contribution in [3.05, 3.63) is 24.0 Å². The Labute approximate surface area is 150 Å². The van der Waals surface area contributed by atoms with E-state index in [1.165, 1.54) is 18.2 Å². The standard InChI is InChI=1S/C17H20N4O3S/c1-11(25-17-20-19-15-5-3-2-4-8-21(15)17)16(22)18-12-6-7-13-14(9-12)24-10-23-13/h6-7,9,11H,2-5,8,10H2,1H3,(H,18,22)/t11-/m0/s1. The second-order valence-corrected chi connectivity index (χ2v) is 7.49. The molecule has 2 aliphatic rings. The number of anilines is 1. The van der Waals surface area contributed by atoms with Crippen molar-refractivity contribution < 1.29 is 14.3 Å². The quantitative estimate of drug-likeness (QED) is 0.845. The molecule has 1 aromatic heterocycles. The summed E-state index contributed by atoms with van der Waals surface area (Å²) in [6.45, 7) is 3.03. The molecule has 0 radical (unpaired) electrons. The average Bonchev–Trinajstić information content (AvgIpc) is 3.15. The molecule has 0 saturated heterocycles. The highest BCUT2D eigenvalue weighted by Crippen LogP contribution is 2.34. The van der Waals surface area contributed by atoms with Crippen molar-refractivity contribution in [3.63, 3.8) is 0 Å². The summed E-state index contributed by atoms with van der Waals surface area (Å²) in [6.07, 6.45) is 4.47. The maximum atomic E-state index is 12.5. The molecule has 3 heterocycles. The van der Waals surface area contributed by atoms with Gasteiger partial charge < -0.3 is 19.4 Å². The van der Waals surface area contributed by atoms with Crippen LogP contribution in [0.1, 0.15) is 32.0 Å². The van der Waals surface area contributed by atoms with Gasteiger partial charge in [-0.2, -0.15) is 0 Å². The molecule has 132 valence electrons. The van der Waals surface area contributed by atoms with Crippen molar-refractivity contribution in [2.24, 2.45) is 0 Å². The van der Waals surface area contributed by atoms with Gasteiger partial charge in [0.1, 0.15) is 5.82 Å². The molecule has 0 aliphatic carbocycles. The highest BCUT2D eigenvalue weighted by molar-refractivity contribution is 8.00. The largest absolute Gasteiger partial charge is 0.454 e. The zero-order valence-corrected chi connectivity index (χ0v) is 14.8. The van der Waals surface area contributed by atoms with Crippen LogP contribution in [0.15, 0.2) is 23.4 Å². The Bertz CT molecular complexity index is 792. The minimum Gasteiger partial charge on any atom is -0.454 e. The zero-order chi connectivity index (χ0) is 17.2. The van der Waals surface area contributed by atoms with E-state index in [9.17, 15) is 4.79 Å². The summed E-state index contributed by atoms with van der Waals surface area (Å²) in [5, 5.41) is 12.0. The number of rotatable bonds is 4. The van der Waals surface area contributed by atoms with Crippen molar-refractivity contribution in [1.82, 2.24) is 14.8 Å². The Hall–Kier alpha value is -2.22. The smallest absolute Gasteiger partial charge is 0.237 e. The Morgan fingerprint density at radius 2 is 2.12 bits per heavy atom. The molecule has 0 fully saturated rings. The van der Waals surface area contributed by atoms with E-state index in [1.807, 2.05) is 13.0 Å². The van der Waals surface area contributed by atoms with Crippen LogP contribution < -0.4 is 14.8 Å². The van der Waals surface area contributed by atoms with E-state index in [2.05, 4.69) is 20.1 Å². The summed E-state index contributed by atoms with van der Waals surface area (Å²) in [6, 6.07) is 5.39. The number of aryl methyl sites for hydroxylation is 1. The Kier molecular flexibility index (Phi) is 4.52. The first-order chi connectivity index (χ1) is 12.2. The molecule has 1 amide bonds. The van der Waals surface area contributed by atoms with Crippen molar-refractivity contribution in [3.8, 4) is 11.5 Å². The van der Waals surface area contributed by atoms with Gasteiger partial charge in [-0.05, 0) is 31.9 Å². The van der Waals surface area contributed by atoms with Crippen molar-refractivity contribution in [2.45, 2.75) is 49.6 Å². The van der Waals surface area contributed by atoms with Gasteiger partial charge in [-0.15, -0.1) is 10.2 Å². The number of thioether (sulfide) groups is 1. The molecule has 1 aromatic carbocycles. The third kappa shape index (κ3) is 3.44. The van der Waals surface area contributed by atoms with Crippen LogP contribution in [-0.2, 0) is 17.8 Å². The van der Waals surface area contributed by atoms with Gasteiger partial charge in [0.25, 0.3) is 0 Å². The highest BCUT2D eigenvalue weighted by Gasteiger charge is 2.22. The number of ether oxygens (including phenoxy) is 2. The normalized spacial score (nSPS) is 16.8. The van der Waals surface area contributed by atoms with Crippen LogP contribution in [0.4, 0.5) is 5.69 Å². The molecule has 4 rings (SSSR count). The predicted molar refractivity (Wildman–Crippen MR) is 94.1 cm³/mol. The molecular weight excluding hydrogens is 340 g/mol. The monoisotopic (exact) mass is 360 g/mol. The van der Waals surface area contributed by atoms with E-state index in [-0.39, 0.29) is 18.0 Å². The topological polar surface area (TPSA) is 78.3 Å². The van der Waals surface area contributed by atoms with Crippen LogP contribution in [0.2, 0.25) is 0 Å². The fourth-order valence-corrected chi connectivity index (χ4v) is 3.87. The number of amides is 1. The van der Waals surface area contributed by atoms with Crippen LogP contribution in [0.3, 0.4) is 0 Å². The van der Waals surface area contributed by atoms with Crippen molar-refractivity contribution in [1.29, 1.82) is 0 Å². The number of fused-ring (bicyclic) bond motifs is 2. The molecule has 0 unspecified atom stereocenters. The van der Waals surface area contributed by atoms with Gasteiger partial charge >= 0.3 is 0 Å². The number of benzene rings is 1. The molecule has 2 aromatic rings. The fraction of sp³-hybridized carbons (Fsp3) is 0.471. The average molecular weight is 360 g/mol. The maximum Gasteiger partial charge on any atom is 0.237 e. The Morgan fingerprint density at radius 3 is 3.04 bits per heavy atom. The van der Waals surface area contributed by atoms with E-state index in [0.29, 0.717) is 17.2 Å². The number of hydrogen-bond acceptors (Lipinski definition) is 6. The third-order valence-electron chi connectivity index (χ3n) is 4.37. The van der Waals surface area contributed by atoms with Gasteiger partial charge in [0.2, 0.25) is 12.7 Å². The zero-order valence-electron chi connectivity index (χ0n) is 14.0. The number of hydrogen-bond donors (Lipinski definition) is 1. The van der Waals surface area contributed by atoms with Gasteiger partial charge in [0.15, 0.2) is 16.7 Å². The van der Waals surface area contributed by atoms with E-state index in [4.69, 9.17) is 9.47 Å². The lowest BCUT2D eigenvalue weighted by Crippen LogP contribution is -2.23. The van der Waals surface area contributed by atoms with Crippen LogP contribution in [0.25, 0.3) is 0 Å². The van der Waals surface area contributed by atoms with Crippen LogP contribution in [0, 0.1) is 0 Å². The van der Waals surface area contributed by atoms with Gasteiger partial charge in [-0.1, -0.05) is 18.2 Å². The summed E-state index contributed by atoms with van der Waals surface area (Å²) < 4.78 is 12.8. The van der Waals surface area contributed by atoms with E-state index in [0.717, 1.165) is 36.8 Å². The van der Waals surface area contributed by atoms with E-state index in [1.54, 1.807) is 12.1 Å². The molecule has 8 heteroatoms. The van der Waals surface area contributed by atoms with E-state index >= 15 is 0 Å². The SMILES string of the molecule is C[C@H](Sc1nnc2n1CCCCC2)C(=O)Nc1ccc2c(c1)OCO2. The molecule has 7 nitrogen and oxygen atoms in total. The van der Waals surface area contributed by atoms with Gasteiger partial charge in [-0.3, -0.25) is 4.79 Å². The van der Waals surface area contributed by atoms with Gasteiger partial charge in [0.05, 0.1) is 5.25 Å². The first-order valence-corrected chi connectivity index (χ1v) is 9.38. The van der Waals surface area contributed by atoms with Crippen molar-refractivity contribution >= 4 is 23.4 Å². The van der Waals surface area contributed by atoms with Crippen molar-refractivity contribution in [2.75, 3.05) is 12.1 Å². The molecule has 1 atom stereocenters. The Morgan fingerprint density at radius 1 is 1.24 bits per heavy atom. The van der Waals surface area contributed by atoms with Crippen LogP contribution >= 0.6 is 11.8 Å².